The number of hydrogen-bond donors (Lipinski definition) is 7. The normalized spacial score (nSPS) is 16.9. The van der Waals surface area contributed by atoms with Gasteiger partial charge in [-0.15, -0.1) is 6.42 Å². The topological polar surface area (TPSA) is 305 Å². The molecule has 0 unspecified atom stereocenters. The largest absolute Gasteiger partial charge is 0.469 e. The van der Waals surface area contributed by atoms with Crippen molar-refractivity contribution in [3.05, 3.63) is 124 Å². The number of para-hydroxylation sites is 1. The van der Waals surface area contributed by atoms with Crippen LogP contribution in [0.5, 0.6) is 0 Å². The Hall–Kier alpha value is -7.36. The van der Waals surface area contributed by atoms with Gasteiger partial charge < -0.3 is 35.3 Å². The third-order valence-electron chi connectivity index (χ3n) is 16.4. The molecule has 2 fully saturated rings. The van der Waals surface area contributed by atoms with Crippen molar-refractivity contribution >= 4 is 79.9 Å². The number of thiazole rings is 1. The number of likely N-dealkylation sites (tertiary alicyclic amines) is 1. The maximum absolute atomic E-state index is 14.5. The number of aliphatic hydroxyl groups is 1. The zero-order chi connectivity index (χ0) is 61.3. The van der Waals surface area contributed by atoms with E-state index in [1.54, 1.807) is 62.5 Å². The van der Waals surface area contributed by atoms with E-state index in [1.165, 1.54) is 22.7 Å². The number of nitrogens with zero attached hydrogens (tertiary/aromatic N) is 6. The zero-order valence-electron chi connectivity index (χ0n) is 48.4. The van der Waals surface area contributed by atoms with Gasteiger partial charge in [0.15, 0.2) is 5.13 Å². The van der Waals surface area contributed by atoms with E-state index in [-0.39, 0.29) is 69.8 Å². The number of anilines is 2. The molecule has 25 heteroatoms. The van der Waals surface area contributed by atoms with Gasteiger partial charge in [-0.3, -0.25) is 38.5 Å². The lowest BCUT2D eigenvalue weighted by molar-refractivity contribution is -0.144. The van der Waals surface area contributed by atoms with E-state index in [1.807, 2.05) is 52.9 Å². The highest BCUT2D eigenvalue weighted by atomic mass is 32.2. The van der Waals surface area contributed by atoms with Crippen LogP contribution in [0.2, 0.25) is 0 Å². The number of phosphoric ester groups is 1. The SMILES string of the molecule is C#Cc1ccc(CNC(=O)[C@@H]2C[C@@H](O)CN2C(=O)[C@@H](NC(=O)CCCCCS(=O)(=O)NC(=O)c2nc(N3CCc4cccc(C(=O)Nc5nc6ccccc6s5)c4C3)ccc2-c2cnn(CC3CCCCC3)c2C)C(C)(C)CCOP(=O)(O)O)cc1. The lowest BCUT2D eigenvalue weighted by Gasteiger charge is -2.37. The maximum Gasteiger partial charge on any atom is 0.469 e. The Balaban J connectivity index is 0.861. The van der Waals surface area contributed by atoms with Crippen LogP contribution in [0, 0.1) is 30.6 Å². The third-order valence-corrected chi connectivity index (χ3v) is 19.2. The van der Waals surface area contributed by atoms with Crippen molar-refractivity contribution in [3.63, 3.8) is 0 Å². The summed E-state index contributed by atoms with van der Waals surface area (Å²) in [4.78, 5) is 102. The van der Waals surface area contributed by atoms with Gasteiger partial charge in [-0.25, -0.2) is 27.7 Å². The summed E-state index contributed by atoms with van der Waals surface area (Å²) < 4.78 is 49.1. The van der Waals surface area contributed by atoms with E-state index in [2.05, 4.69) is 31.6 Å². The molecule has 0 radical (unpaired) electrons. The predicted molar refractivity (Wildman–Crippen MR) is 326 cm³/mol. The second-order valence-electron chi connectivity index (χ2n) is 23.0. The summed E-state index contributed by atoms with van der Waals surface area (Å²) >= 11 is 1.38. The standard InChI is InChI=1S/C61H73N10O12PS2/c1-5-40-22-24-41(25-23-40)34-62-57(75)50-33-44(72)37-70(50)59(77)55(61(3,4)29-31-83-84(78,79)80)66-53(73)21-10-7-13-32-86(81,82)68-58(76)54-45(47-35-63-71(39(47)2)36-42-15-8-6-9-16-42)26-27-52(65-54)69-30-28-43-17-14-18-46(48(43)38-69)56(74)67-60-64-49-19-11-12-20-51(49)85-60/h1,11-12,14,17-20,22-27,35,42,44,50,55,72H,6-10,13,15-16,21,28-34,36-38H2,2-4H3,(H,62,75)(H,66,73)(H,68,76)(H,64,67,74)(H2,78,79,80)/t44-,50+,55-/m1/s1. The molecule has 3 atom stereocenters. The average Bonchev–Trinajstić information content (AvgIpc) is 2.12. The zero-order valence-corrected chi connectivity index (χ0v) is 50.9. The highest BCUT2D eigenvalue weighted by molar-refractivity contribution is 7.90. The van der Waals surface area contributed by atoms with Crippen molar-refractivity contribution < 1.29 is 56.4 Å². The van der Waals surface area contributed by atoms with Crippen LogP contribution in [-0.4, -0.2) is 121 Å². The number of aromatic nitrogens is 4. The summed E-state index contributed by atoms with van der Waals surface area (Å²) in [5.74, 6) is -0.213. The molecule has 3 aromatic heterocycles. The molecule has 3 aromatic carbocycles. The molecule has 5 amide bonds. The molecule has 2 aliphatic heterocycles. The molecule has 1 saturated heterocycles. The minimum absolute atomic E-state index is 0.0371. The van der Waals surface area contributed by atoms with Crippen molar-refractivity contribution in [2.75, 3.05) is 35.7 Å². The first-order chi connectivity index (χ1) is 41.0. The number of phosphoric acid groups is 1. The van der Waals surface area contributed by atoms with Crippen LogP contribution in [0.3, 0.4) is 0 Å². The predicted octanol–water partition coefficient (Wildman–Crippen LogP) is 7.15. The highest BCUT2D eigenvalue weighted by Crippen LogP contribution is 2.39. The number of carbonyl (C=O) groups excluding carboxylic acids is 5. The van der Waals surface area contributed by atoms with Crippen molar-refractivity contribution in [1.82, 2.24) is 40.0 Å². The van der Waals surface area contributed by atoms with E-state index in [0.717, 1.165) is 58.3 Å². The van der Waals surface area contributed by atoms with Crippen LogP contribution < -0.4 is 25.6 Å². The number of amides is 5. The van der Waals surface area contributed by atoms with Gasteiger partial charge in [0, 0.05) is 73.5 Å². The molecule has 1 aliphatic carbocycles. The summed E-state index contributed by atoms with van der Waals surface area (Å²) in [6.45, 7) is 5.98. The third kappa shape index (κ3) is 16.0. The number of nitrogens with one attached hydrogen (secondary N) is 4. The first-order valence-electron chi connectivity index (χ1n) is 29.0. The van der Waals surface area contributed by atoms with Crippen LogP contribution in [0.15, 0.2) is 85.1 Å². The van der Waals surface area contributed by atoms with Crippen molar-refractivity contribution in [2.45, 2.75) is 136 Å². The first kappa shape index (κ1) is 63.2. The number of benzene rings is 3. The van der Waals surface area contributed by atoms with Crippen molar-refractivity contribution in [2.24, 2.45) is 11.3 Å². The van der Waals surface area contributed by atoms with Gasteiger partial charge in [-0.1, -0.05) is 93.2 Å². The molecule has 7 N–H and O–H groups in total. The van der Waals surface area contributed by atoms with Crippen LogP contribution >= 0.6 is 19.2 Å². The smallest absolute Gasteiger partial charge is 0.391 e. The Kier molecular flexibility index (Phi) is 20.2. The van der Waals surface area contributed by atoms with Gasteiger partial charge in [0.05, 0.1) is 34.9 Å². The van der Waals surface area contributed by atoms with E-state index in [9.17, 15) is 51.8 Å². The second kappa shape index (κ2) is 27.6. The Morgan fingerprint density at radius 2 is 1.70 bits per heavy atom. The Labute approximate surface area is 504 Å². The Bertz CT molecular complexity index is 3650. The number of β-amino-alcohol motifs (C(OH)–C–C–N with tert-alkyl or cyclic N) is 1. The van der Waals surface area contributed by atoms with Crippen LogP contribution in [0.4, 0.5) is 10.9 Å². The minimum atomic E-state index is -4.90. The molecule has 86 heavy (non-hydrogen) atoms. The van der Waals surface area contributed by atoms with Gasteiger partial charge in [-0.05, 0) is 116 Å². The molecule has 0 bridgehead atoms. The lowest BCUT2D eigenvalue weighted by atomic mass is 9.80. The van der Waals surface area contributed by atoms with Crippen LogP contribution in [0.1, 0.15) is 133 Å². The number of pyridine rings is 1. The van der Waals surface area contributed by atoms with E-state index >= 15 is 0 Å². The van der Waals surface area contributed by atoms with Crippen molar-refractivity contribution in [1.29, 1.82) is 0 Å². The number of aliphatic hydroxyl groups excluding tert-OH is 1. The summed E-state index contributed by atoms with van der Waals surface area (Å²) in [7, 11) is -9.20. The number of sulfonamides is 1. The minimum Gasteiger partial charge on any atom is -0.391 e. The quantitative estimate of drug-likeness (QED) is 0.0180. The van der Waals surface area contributed by atoms with Gasteiger partial charge in [-0.2, -0.15) is 5.10 Å². The summed E-state index contributed by atoms with van der Waals surface area (Å²) in [6, 6.07) is 21.2. The fraction of sp³-hybridized carbons (Fsp3) is 0.443. The molecule has 5 heterocycles. The number of carbonyl (C=O) groups is 5. The molecule has 456 valence electrons. The molecule has 3 aliphatic rings. The van der Waals surface area contributed by atoms with Crippen molar-refractivity contribution in [3.8, 4) is 23.5 Å². The van der Waals surface area contributed by atoms with Crippen LogP contribution in [0.25, 0.3) is 21.3 Å². The number of terminal acetylenes is 1. The number of rotatable bonds is 24. The van der Waals surface area contributed by atoms with Gasteiger partial charge in [0.1, 0.15) is 23.6 Å². The molecule has 22 nitrogen and oxygen atoms in total. The maximum atomic E-state index is 14.5. The fourth-order valence-electron chi connectivity index (χ4n) is 11.5. The summed E-state index contributed by atoms with van der Waals surface area (Å²) in [6.07, 6.45) is 12.4. The van der Waals surface area contributed by atoms with Gasteiger partial charge in [0.25, 0.3) is 11.8 Å². The average molecular weight is 1230 g/mol. The fourth-order valence-corrected chi connectivity index (χ4v) is 13.7. The number of fused-ring (bicyclic) bond motifs is 2. The van der Waals surface area contributed by atoms with Gasteiger partial charge in [0.2, 0.25) is 27.7 Å². The Morgan fingerprint density at radius 3 is 2.44 bits per heavy atom. The monoisotopic (exact) mass is 1230 g/mol. The number of hydrogen-bond acceptors (Lipinski definition) is 15. The van der Waals surface area contributed by atoms with E-state index in [0.29, 0.717) is 58.6 Å². The second-order valence-corrected chi connectivity index (χ2v) is 27.1. The molecule has 6 aromatic rings. The van der Waals surface area contributed by atoms with Crippen LogP contribution in [-0.2, 0) is 59.6 Å². The Morgan fingerprint density at radius 1 is 0.930 bits per heavy atom. The molecule has 1 saturated carbocycles. The number of unbranched alkanes of at least 4 members (excludes halogenated alkanes) is 2. The van der Waals surface area contributed by atoms with Gasteiger partial charge >= 0.3 is 7.82 Å². The molecular formula is C61H73N10O12PS2. The summed E-state index contributed by atoms with van der Waals surface area (Å²) in [5.41, 5.74) is 4.90. The molecule has 9 rings (SSSR count). The van der Waals surface area contributed by atoms with E-state index in [4.69, 9.17) is 21.0 Å². The lowest BCUT2D eigenvalue weighted by Crippen LogP contribution is -2.58. The molecular weight excluding hydrogens is 1160 g/mol. The van der Waals surface area contributed by atoms with E-state index < -0.39 is 77.4 Å². The summed E-state index contributed by atoms with van der Waals surface area (Å²) in [5, 5.41) is 24.5. The molecule has 0 spiro atoms. The highest BCUT2D eigenvalue weighted by Gasteiger charge is 2.46. The first-order valence-corrected chi connectivity index (χ1v) is 33.0.